The predicted molar refractivity (Wildman–Crippen MR) is 310 cm³/mol. The fraction of sp³-hybridized carbons (Fsp3) is 0.905. The molecule has 2 fully saturated rings. The highest BCUT2D eigenvalue weighted by Crippen LogP contribution is 2.32. The molecule has 11 heteroatoms. The lowest BCUT2D eigenvalue weighted by atomic mass is 9.89. The van der Waals surface area contributed by atoms with Gasteiger partial charge in [0.2, 0.25) is 0 Å². The van der Waals surface area contributed by atoms with Gasteiger partial charge in [0.15, 0.2) is 0 Å². The maximum absolute atomic E-state index is 12.2. The molecular weight excluding hydrogens is 931 g/mol. The molecule has 440 valence electrons. The predicted octanol–water partition coefficient (Wildman–Crippen LogP) is 17.0. The van der Waals surface area contributed by atoms with Gasteiger partial charge < -0.3 is 28.6 Å². The van der Waals surface area contributed by atoms with E-state index in [2.05, 4.69) is 74.3 Å². The summed E-state index contributed by atoms with van der Waals surface area (Å²) in [5.74, 6) is 1.35. The van der Waals surface area contributed by atoms with Crippen LogP contribution in [0.2, 0.25) is 0 Å². The first-order valence-corrected chi connectivity index (χ1v) is 30.9. The van der Waals surface area contributed by atoms with Crippen LogP contribution in [0.25, 0.3) is 0 Å². The van der Waals surface area contributed by atoms with Crippen molar-refractivity contribution in [3.05, 3.63) is 0 Å². The van der Waals surface area contributed by atoms with Gasteiger partial charge in [-0.15, -0.1) is 0 Å². The van der Waals surface area contributed by atoms with Crippen molar-refractivity contribution in [3.63, 3.8) is 0 Å². The third-order valence-electron chi connectivity index (χ3n) is 13.3. The number of likely N-dealkylation sites (tertiary alicyclic amines) is 1. The summed E-state index contributed by atoms with van der Waals surface area (Å²) in [4.78, 5) is 70.6. The summed E-state index contributed by atoms with van der Waals surface area (Å²) >= 11 is 0. The number of likely N-dealkylation sites (N-methyl/N-ethyl adjacent to an activating group) is 1. The van der Waals surface area contributed by atoms with E-state index in [9.17, 15) is 28.8 Å². The number of carbonyl (C=O) groups is 6. The Morgan fingerprint density at radius 2 is 1.07 bits per heavy atom. The molecule has 0 radical (unpaired) electrons. The molecule has 0 amide bonds. The minimum absolute atomic E-state index is 0.102. The molecule has 1 heterocycles. The van der Waals surface area contributed by atoms with Gasteiger partial charge in [-0.25, -0.2) is 0 Å². The van der Waals surface area contributed by atoms with Crippen molar-refractivity contribution in [2.24, 2.45) is 29.6 Å². The zero-order valence-corrected chi connectivity index (χ0v) is 51.2. The van der Waals surface area contributed by atoms with E-state index in [-0.39, 0.29) is 66.7 Å². The smallest absolute Gasteiger partial charge is 0.306 e. The molecule has 0 bridgehead atoms. The molecule has 3 unspecified atom stereocenters. The van der Waals surface area contributed by atoms with E-state index in [0.717, 1.165) is 102 Å². The Hall–Kier alpha value is -2.82. The second-order valence-electron chi connectivity index (χ2n) is 21.2. The number of hydrogen-bond acceptors (Lipinski definition) is 11. The number of nitrogens with zero attached hydrogens (tertiary/aromatic N) is 1. The quantitative estimate of drug-likeness (QED) is 0.0254. The zero-order chi connectivity index (χ0) is 56.6. The number of ether oxygens (including phenoxy) is 4. The number of ketones is 1. The lowest BCUT2D eigenvalue weighted by Gasteiger charge is -2.19. The van der Waals surface area contributed by atoms with Crippen LogP contribution < -0.4 is 0 Å². The summed E-state index contributed by atoms with van der Waals surface area (Å²) in [6.45, 7) is 30.4. The molecule has 0 aromatic carbocycles. The van der Waals surface area contributed by atoms with Gasteiger partial charge in [0.1, 0.15) is 18.2 Å². The molecule has 0 spiro atoms. The summed E-state index contributed by atoms with van der Waals surface area (Å²) in [6.07, 6.45) is 34.4. The van der Waals surface area contributed by atoms with Gasteiger partial charge in [-0.2, -0.15) is 0 Å². The van der Waals surface area contributed by atoms with Gasteiger partial charge in [0, 0.05) is 57.4 Å². The summed E-state index contributed by atoms with van der Waals surface area (Å²) < 4.78 is 21.0. The van der Waals surface area contributed by atoms with E-state index in [4.69, 9.17) is 18.9 Å². The van der Waals surface area contributed by atoms with Crippen LogP contribution in [0.3, 0.4) is 0 Å². The van der Waals surface area contributed by atoms with Gasteiger partial charge in [0.25, 0.3) is 0 Å². The van der Waals surface area contributed by atoms with E-state index in [1.165, 1.54) is 110 Å². The summed E-state index contributed by atoms with van der Waals surface area (Å²) in [5, 5.41) is 0. The molecule has 1 saturated carbocycles. The maximum Gasteiger partial charge on any atom is 0.306 e. The van der Waals surface area contributed by atoms with Crippen LogP contribution >= 0.6 is 0 Å². The van der Waals surface area contributed by atoms with E-state index < -0.39 is 0 Å². The minimum Gasteiger partial charge on any atom is -0.466 e. The molecule has 0 aromatic heterocycles. The Labute approximate surface area is 458 Å². The first kappa shape index (κ1) is 77.7. The highest BCUT2D eigenvalue weighted by atomic mass is 16.6. The largest absolute Gasteiger partial charge is 0.466 e. The van der Waals surface area contributed by atoms with Crippen LogP contribution in [0.1, 0.15) is 295 Å². The molecule has 1 saturated heterocycles. The number of esters is 4. The van der Waals surface area contributed by atoms with Crippen LogP contribution in [0, 0.1) is 29.6 Å². The lowest BCUT2D eigenvalue weighted by molar-refractivity contribution is -0.150. The molecule has 1 aliphatic carbocycles. The number of Topliss-reactive ketones (excluding diaryl/α,β-unsaturated/α-hetero) is 1. The molecule has 74 heavy (non-hydrogen) atoms. The van der Waals surface area contributed by atoms with Gasteiger partial charge >= 0.3 is 23.9 Å². The summed E-state index contributed by atoms with van der Waals surface area (Å²) in [7, 11) is 2.07. The van der Waals surface area contributed by atoms with Crippen molar-refractivity contribution in [1.82, 2.24) is 4.90 Å². The highest BCUT2D eigenvalue weighted by Gasteiger charge is 2.31. The van der Waals surface area contributed by atoms with Crippen molar-refractivity contribution in [1.29, 1.82) is 0 Å². The van der Waals surface area contributed by atoms with Crippen LogP contribution in [0.4, 0.5) is 0 Å². The average molecular weight is 1050 g/mol. The maximum atomic E-state index is 12.2. The Kier molecular flexibility index (Phi) is 62.4. The number of hydrogen-bond donors (Lipinski definition) is 0. The Balaban J connectivity index is -0.000000472. The molecule has 0 aromatic rings. The van der Waals surface area contributed by atoms with Gasteiger partial charge in [-0.05, 0) is 82.7 Å². The topological polar surface area (TPSA) is 143 Å². The van der Waals surface area contributed by atoms with Crippen molar-refractivity contribution in [2.45, 2.75) is 302 Å². The van der Waals surface area contributed by atoms with Crippen LogP contribution in [0.15, 0.2) is 0 Å². The van der Waals surface area contributed by atoms with Crippen molar-refractivity contribution < 1.29 is 47.7 Å². The summed E-state index contributed by atoms with van der Waals surface area (Å²) in [5.41, 5.74) is 0. The Morgan fingerprint density at radius 3 is 1.50 bits per heavy atom. The number of unbranched alkanes of at least 4 members (excludes halogenated alkanes) is 15. The molecule has 2 aliphatic rings. The number of carbonyl (C=O) groups excluding carboxylic acids is 6. The van der Waals surface area contributed by atoms with Gasteiger partial charge in [-0.1, -0.05) is 205 Å². The van der Waals surface area contributed by atoms with E-state index in [1.807, 2.05) is 20.8 Å². The zero-order valence-electron chi connectivity index (χ0n) is 51.2. The average Bonchev–Trinajstić information content (AvgIpc) is 4.25. The van der Waals surface area contributed by atoms with E-state index >= 15 is 0 Å². The van der Waals surface area contributed by atoms with Gasteiger partial charge in [0.05, 0.1) is 19.8 Å². The van der Waals surface area contributed by atoms with Crippen molar-refractivity contribution in [2.75, 3.05) is 40.0 Å². The van der Waals surface area contributed by atoms with Crippen LogP contribution in [-0.4, -0.2) is 86.9 Å². The molecule has 1 aliphatic heterocycles. The van der Waals surface area contributed by atoms with Gasteiger partial charge in [-0.3, -0.25) is 24.0 Å². The Bertz CT molecular complexity index is 1240. The fourth-order valence-electron chi connectivity index (χ4n) is 8.08. The normalized spacial score (nSPS) is 14.7. The fourth-order valence-corrected chi connectivity index (χ4v) is 8.08. The first-order valence-electron chi connectivity index (χ1n) is 30.9. The SMILES string of the molecule is CC.CC(=O)OC1CCCCN(C)C1.CCCC.CCCCC(CC)C(C)C.CCCCCCCCC(=O)OCC(COC(=O)CCCCCCCC)CC(=O)C1CC1.CCCCCCOC(=O)CC(C)CC=O. The summed E-state index contributed by atoms with van der Waals surface area (Å²) in [6, 6.07) is 0. The molecule has 11 nitrogen and oxygen atoms in total. The third kappa shape index (κ3) is 58.4. The number of rotatable bonds is 37. The monoisotopic (exact) mass is 1050 g/mol. The second-order valence-corrected chi connectivity index (χ2v) is 21.2. The standard InChI is InChI=1S/C26H46O5.C12H22O3.C10H22.C9H17NO2.C4H10.C2H6/c1-3-5-7-9-11-13-15-25(28)30-20-22(19-24(27)23-17-18-23)21-31-26(29)16-14-12-10-8-6-4-2;1-3-4-5-6-9-15-12(14)10-11(2)7-8-13;1-5-7-8-10(6-2)9(3)4;1-8(11)12-9-5-3-4-6-10(2)7-9;1-3-4-2;1-2/h22-23H,3-21H2,1-2H3;8,11H,3-7,9-10H2,1-2H3;9-10H,5-8H2,1-4H3;9H,3-7H2,1-2H3;3-4H2,1-2H3;1-2H3. The lowest BCUT2D eigenvalue weighted by Crippen LogP contribution is -2.30. The van der Waals surface area contributed by atoms with E-state index in [0.29, 0.717) is 38.7 Å². The van der Waals surface area contributed by atoms with Crippen molar-refractivity contribution in [3.8, 4) is 0 Å². The second kappa shape index (κ2) is 59.4. The molecule has 3 atom stereocenters. The van der Waals surface area contributed by atoms with Crippen molar-refractivity contribution >= 4 is 35.9 Å². The Morgan fingerprint density at radius 1 is 0.581 bits per heavy atom. The third-order valence-corrected chi connectivity index (χ3v) is 13.3. The highest BCUT2D eigenvalue weighted by molar-refractivity contribution is 5.83. The number of aldehydes is 1. The van der Waals surface area contributed by atoms with Crippen LogP contribution in [-0.2, 0) is 47.7 Å². The first-order chi connectivity index (χ1) is 35.6. The molecule has 2 rings (SSSR count). The van der Waals surface area contributed by atoms with Crippen LogP contribution in [0.5, 0.6) is 0 Å². The molecule has 0 N–H and O–H groups in total. The van der Waals surface area contributed by atoms with E-state index in [1.54, 1.807) is 0 Å². The minimum atomic E-state index is -0.227. The molecular formula is C63H123NO10.